The number of amides is 1. The molecule has 1 N–H and O–H groups in total. The van der Waals surface area contributed by atoms with Crippen molar-refractivity contribution in [1.82, 2.24) is 5.32 Å². The monoisotopic (exact) mass is 288 g/mol. The molecule has 2 heterocycles. The van der Waals surface area contributed by atoms with Crippen molar-refractivity contribution in [2.45, 2.75) is 38.2 Å². The van der Waals surface area contributed by atoms with Gasteiger partial charge in [-0.15, -0.1) is 0 Å². The number of rotatable bonds is 5. The number of anilines is 1. The standard InChI is InChI=1S/C17H24N2O2/c20-17(9-10-18-13-15-7-4-12-21-15)19-11-3-6-14-5-1-2-8-16(14)19/h1-2,5,8,15,18H,3-4,6-7,9-13H2. The molecular formula is C17H24N2O2. The minimum atomic E-state index is 0.224. The highest BCUT2D eigenvalue weighted by atomic mass is 16.5. The number of para-hydroxylation sites is 1. The average molecular weight is 288 g/mol. The fraction of sp³-hybridized carbons (Fsp3) is 0.588. The second kappa shape index (κ2) is 7.05. The van der Waals surface area contributed by atoms with Crippen molar-refractivity contribution >= 4 is 11.6 Å². The van der Waals surface area contributed by atoms with Gasteiger partial charge in [0.05, 0.1) is 6.10 Å². The number of carbonyl (C=O) groups is 1. The molecule has 1 fully saturated rings. The van der Waals surface area contributed by atoms with Crippen LogP contribution in [0.25, 0.3) is 0 Å². The van der Waals surface area contributed by atoms with Crippen LogP contribution in [0.4, 0.5) is 5.69 Å². The lowest BCUT2D eigenvalue weighted by atomic mass is 10.0. The minimum absolute atomic E-state index is 0.224. The molecular weight excluding hydrogens is 264 g/mol. The first-order chi connectivity index (χ1) is 10.3. The molecule has 1 saturated heterocycles. The molecule has 2 aliphatic rings. The van der Waals surface area contributed by atoms with Gasteiger partial charge in [-0.05, 0) is 37.3 Å². The Balaban J connectivity index is 1.47. The van der Waals surface area contributed by atoms with Crippen LogP contribution < -0.4 is 10.2 Å². The van der Waals surface area contributed by atoms with Crippen molar-refractivity contribution in [3.05, 3.63) is 29.8 Å². The highest BCUT2D eigenvalue weighted by Gasteiger charge is 2.21. The molecule has 3 rings (SSSR count). The Morgan fingerprint density at radius 1 is 1.33 bits per heavy atom. The first kappa shape index (κ1) is 14.5. The van der Waals surface area contributed by atoms with Gasteiger partial charge >= 0.3 is 0 Å². The van der Waals surface area contributed by atoms with Crippen LogP contribution in [0.3, 0.4) is 0 Å². The van der Waals surface area contributed by atoms with Gasteiger partial charge in [0.25, 0.3) is 0 Å². The van der Waals surface area contributed by atoms with Crippen LogP contribution in [0.5, 0.6) is 0 Å². The normalized spacial score (nSPS) is 21.3. The van der Waals surface area contributed by atoms with Crippen LogP contribution >= 0.6 is 0 Å². The molecule has 1 unspecified atom stereocenters. The quantitative estimate of drug-likeness (QED) is 0.844. The van der Waals surface area contributed by atoms with Crippen LogP contribution in [0.15, 0.2) is 24.3 Å². The molecule has 0 aromatic heterocycles. The number of fused-ring (bicyclic) bond motifs is 1. The highest BCUT2D eigenvalue weighted by molar-refractivity contribution is 5.94. The molecule has 21 heavy (non-hydrogen) atoms. The highest BCUT2D eigenvalue weighted by Crippen LogP contribution is 2.26. The summed E-state index contributed by atoms with van der Waals surface area (Å²) < 4.78 is 5.56. The van der Waals surface area contributed by atoms with E-state index >= 15 is 0 Å². The van der Waals surface area contributed by atoms with Crippen molar-refractivity contribution in [2.75, 3.05) is 31.1 Å². The summed E-state index contributed by atoms with van der Waals surface area (Å²) in [6.07, 6.45) is 5.34. The molecule has 4 nitrogen and oxygen atoms in total. The molecule has 0 spiro atoms. The van der Waals surface area contributed by atoms with Crippen LogP contribution in [0.2, 0.25) is 0 Å². The summed E-state index contributed by atoms with van der Waals surface area (Å²) in [7, 11) is 0. The molecule has 1 aromatic rings. The van der Waals surface area contributed by atoms with E-state index in [4.69, 9.17) is 4.74 Å². The number of aryl methyl sites for hydroxylation is 1. The Labute approximate surface area is 126 Å². The van der Waals surface area contributed by atoms with Gasteiger partial charge in [0, 0.05) is 38.3 Å². The van der Waals surface area contributed by atoms with E-state index in [0.29, 0.717) is 12.5 Å². The summed E-state index contributed by atoms with van der Waals surface area (Å²) in [4.78, 5) is 14.4. The number of ether oxygens (including phenoxy) is 1. The zero-order chi connectivity index (χ0) is 14.5. The van der Waals surface area contributed by atoms with Gasteiger partial charge in [0.15, 0.2) is 0 Å². The second-order valence-electron chi connectivity index (χ2n) is 5.87. The lowest BCUT2D eigenvalue weighted by Crippen LogP contribution is -2.37. The molecule has 4 heteroatoms. The topological polar surface area (TPSA) is 41.6 Å². The molecule has 0 saturated carbocycles. The van der Waals surface area contributed by atoms with E-state index in [1.54, 1.807) is 0 Å². The predicted molar refractivity (Wildman–Crippen MR) is 83.6 cm³/mol. The van der Waals surface area contributed by atoms with Gasteiger partial charge < -0.3 is 15.0 Å². The molecule has 2 aliphatic heterocycles. The summed E-state index contributed by atoms with van der Waals surface area (Å²) in [6.45, 7) is 3.33. The largest absolute Gasteiger partial charge is 0.377 e. The second-order valence-corrected chi connectivity index (χ2v) is 5.87. The molecule has 1 aromatic carbocycles. The van der Waals surface area contributed by atoms with Gasteiger partial charge in [-0.3, -0.25) is 4.79 Å². The molecule has 1 amide bonds. The van der Waals surface area contributed by atoms with Crippen LogP contribution in [0, 0.1) is 0 Å². The first-order valence-corrected chi connectivity index (χ1v) is 8.05. The SMILES string of the molecule is O=C(CCNCC1CCCO1)N1CCCc2ccccc21. The van der Waals surface area contributed by atoms with E-state index in [0.717, 1.165) is 57.6 Å². The van der Waals surface area contributed by atoms with Gasteiger partial charge in [-0.25, -0.2) is 0 Å². The summed E-state index contributed by atoms with van der Waals surface area (Å²) in [5.74, 6) is 0.224. The number of carbonyl (C=O) groups excluding carboxylic acids is 1. The number of hydrogen-bond donors (Lipinski definition) is 1. The predicted octanol–water partition coefficient (Wildman–Crippen LogP) is 2.12. The molecule has 0 aliphatic carbocycles. The smallest absolute Gasteiger partial charge is 0.228 e. The van der Waals surface area contributed by atoms with Crippen LogP contribution in [-0.2, 0) is 16.0 Å². The van der Waals surface area contributed by atoms with Crippen molar-refractivity contribution < 1.29 is 9.53 Å². The van der Waals surface area contributed by atoms with Crippen molar-refractivity contribution in [3.8, 4) is 0 Å². The van der Waals surface area contributed by atoms with E-state index in [1.165, 1.54) is 5.56 Å². The summed E-state index contributed by atoms with van der Waals surface area (Å²) in [5.41, 5.74) is 2.40. The third kappa shape index (κ3) is 3.63. The fourth-order valence-electron chi connectivity index (χ4n) is 3.19. The fourth-order valence-corrected chi connectivity index (χ4v) is 3.19. The lowest BCUT2D eigenvalue weighted by molar-refractivity contribution is -0.118. The Bertz CT molecular complexity index is 483. The van der Waals surface area contributed by atoms with E-state index in [-0.39, 0.29) is 5.91 Å². The lowest BCUT2D eigenvalue weighted by Gasteiger charge is -2.29. The summed E-state index contributed by atoms with van der Waals surface area (Å²) in [6, 6.07) is 8.26. The summed E-state index contributed by atoms with van der Waals surface area (Å²) in [5, 5.41) is 3.35. The van der Waals surface area contributed by atoms with Gasteiger partial charge in [0.1, 0.15) is 0 Å². The van der Waals surface area contributed by atoms with E-state index in [1.807, 2.05) is 11.0 Å². The molecule has 0 bridgehead atoms. The number of nitrogens with one attached hydrogen (secondary N) is 1. The maximum atomic E-state index is 12.4. The maximum Gasteiger partial charge on any atom is 0.228 e. The number of benzene rings is 1. The van der Waals surface area contributed by atoms with Gasteiger partial charge in [-0.2, -0.15) is 0 Å². The Morgan fingerprint density at radius 2 is 2.24 bits per heavy atom. The van der Waals surface area contributed by atoms with Crippen LogP contribution in [-0.4, -0.2) is 38.3 Å². The Morgan fingerprint density at radius 3 is 3.10 bits per heavy atom. The molecule has 0 radical (unpaired) electrons. The average Bonchev–Trinajstić information content (AvgIpc) is 3.04. The van der Waals surface area contributed by atoms with Crippen molar-refractivity contribution in [3.63, 3.8) is 0 Å². The van der Waals surface area contributed by atoms with E-state index in [2.05, 4.69) is 23.5 Å². The zero-order valence-electron chi connectivity index (χ0n) is 12.5. The van der Waals surface area contributed by atoms with Crippen molar-refractivity contribution in [1.29, 1.82) is 0 Å². The van der Waals surface area contributed by atoms with Crippen molar-refractivity contribution in [2.24, 2.45) is 0 Å². The third-order valence-electron chi connectivity index (χ3n) is 4.32. The van der Waals surface area contributed by atoms with Gasteiger partial charge in [-0.1, -0.05) is 18.2 Å². The summed E-state index contributed by atoms with van der Waals surface area (Å²) >= 11 is 0. The number of nitrogens with zero attached hydrogens (tertiary/aromatic N) is 1. The third-order valence-corrected chi connectivity index (χ3v) is 4.32. The number of hydrogen-bond acceptors (Lipinski definition) is 3. The Hall–Kier alpha value is -1.39. The zero-order valence-corrected chi connectivity index (χ0v) is 12.5. The van der Waals surface area contributed by atoms with Gasteiger partial charge in [0.2, 0.25) is 5.91 Å². The first-order valence-electron chi connectivity index (χ1n) is 8.05. The molecule has 114 valence electrons. The van der Waals surface area contributed by atoms with Crippen LogP contribution in [0.1, 0.15) is 31.2 Å². The minimum Gasteiger partial charge on any atom is -0.377 e. The maximum absolute atomic E-state index is 12.4. The molecule has 1 atom stereocenters. The Kier molecular flexibility index (Phi) is 4.88. The van der Waals surface area contributed by atoms with E-state index < -0.39 is 0 Å². The van der Waals surface area contributed by atoms with E-state index in [9.17, 15) is 4.79 Å².